The van der Waals surface area contributed by atoms with Gasteiger partial charge < -0.3 is 4.90 Å². The Kier molecular flexibility index (Phi) is 2.48. The summed E-state index contributed by atoms with van der Waals surface area (Å²) in [4.78, 5) is 6.63. The summed E-state index contributed by atoms with van der Waals surface area (Å²) < 4.78 is 0. The first-order valence-electron chi connectivity index (χ1n) is 4.83. The molecule has 2 radical (unpaired) electrons. The zero-order chi connectivity index (χ0) is 9.10. The first-order valence-corrected chi connectivity index (χ1v) is 4.83. The third kappa shape index (κ3) is 2.00. The van der Waals surface area contributed by atoms with Crippen molar-refractivity contribution in [1.29, 1.82) is 0 Å². The Morgan fingerprint density at radius 2 is 1.92 bits per heavy atom. The maximum absolute atomic E-state index is 5.58. The molecular weight excluding hydrogens is 160 g/mol. The van der Waals surface area contributed by atoms with Gasteiger partial charge in [-0.3, -0.25) is 0 Å². The van der Waals surface area contributed by atoms with Crippen LogP contribution in [0.3, 0.4) is 0 Å². The second kappa shape index (κ2) is 3.77. The number of nitrogens with zero attached hydrogens (tertiary/aromatic N) is 2. The van der Waals surface area contributed by atoms with Gasteiger partial charge in [0, 0.05) is 26.2 Å². The van der Waals surface area contributed by atoms with Crippen LogP contribution in [0.15, 0.2) is 18.3 Å². The normalized spacial score (nSPS) is 17.5. The van der Waals surface area contributed by atoms with Crippen LogP contribution in [0.5, 0.6) is 0 Å². The van der Waals surface area contributed by atoms with Gasteiger partial charge in [-0.2, -0.15) is 0 Å². The molecule has 0 aromatic carbocycles. The van der Waals surface area contributed by atoms with E-state index in [2.05, 4.69) is 9.88 Å². The molecule has 0 atom stereocenters. The Labute approximate surface area is 79.6 Å². The molecule has 2 nitrogen and oxygen atoms in total. The molecule has 2 heterocycles. The molecule has 0 unspecified atom stereocenters. The highest BCUT2D eigenvalue weighted by molar-refractivity contribution is 5.39. The van der Waals surface area contributed by atoms with Crippen molar-refractivity contribution in [3.05, 3.63) is 30.8 Å². The standard InChI is InChI=1S/C11H14N2/c1-10-5-6-11(12-9-10)13-7-3-2-4-8-13/h1,5-6,9H,2-4,7-8H2. The number of piperidine rings is 1. The van der Waals surface area contributed by atoms with E-state index in [0.29, 0.717) is 0 Å². The molecule has 0 N–H and O–H groups in total. The molecule has 0 amide bonds. The molecule has 1 aliphatic heterocycles. The lowest BCUT2D eigenvalue weighted by molar-refractivity contribution is 0.573. The summed E-state index contributed by atoms with van der Waals surface area (Å²) in [6.07, 6.45) is 5.65. The van der Waals surface area contributed by atoms with Crippen molar-refractivity contribution < 1.29 is 0 Å². The Bertz CT molecular complexity index is 260. The minimum absolute atomic E-state index is 0.737. The van der Waals surface area contributed by atoms with E-state index in [4.69, 9.17) is 6.92 Å². The van der Waals surface area contributed by atoms with E-state index in [-0.39, 0.29) is 0 Å². The SMILES string of the molecule is [CH]c1ccc(N2CCCCC2)nc1. The first-order chi connectivity index (χ1) is 6.36. The van der Waals surface area contributed by atoms with Gasteiger partial charge in [-0.1, -0.05) is 6.07 Å². The number of pyridine rings is 1. The van der Waals surface area contributed by atoms with Crippen molar-refractivity contribution >= 4 is 5.82 Å². The second-order valence-corrected chi connectivity index (χ2v) is 3.50. The zero-order valence-electron chi connectivity index (χ0n) is 7.74. The van der Waals surface area contributed by atoms with E-state index < -0.39 is 0 Å². The van der Waals surface area contributed by atoms with Crippen LogP contribution in [-0.2, 0) is 0 Å². The lowest BCUT2D eigenvalue weighted by atomic mass is 10.1. The van der Waals surface area contributed by atoms with Crippen LogP contribution in [-0.4, -0.2) is 18.1 Å². The number of hydrogen-bond donors (Lipinski definition) is 0. The van der Waals surface area contributed by atoms with Crippen LogP contribution < -0.4 is 4.90 Å². The number of aromatic nitrogens is 1. The summed E-state index contributed by atoms with van der Waals surface area (Å²) in [6, 6.07) is 3.91. The van der Waals surface area contributed by atoms with E-state index in [1.165, 1.54) is 19.3 Å². The Morgan fingerprint density at radius 1 is 1.15 bits per heavy atom. The van der Waals surface area contributed by atoms with Crippen molar-refractivity contribution in [2.75, 3.05) is 18.0 Å². The van der Waals surface area contributed by atoms with Gasteiger partial charge in [0.2, 0.25) is 0 Å². The summed E-state index contributed by atoms with van der Waals surface area (Å²) in [5, 5.41) is 0. The fraction of sp³-hybridized carbons (Fsp3) is 0.455. The molecular formula is C11H14N2. The van der Waals surface area contributed by atoms with Crippen LogP contribution in [0.4, 0.5) is 5.82 Å². The van der Waals surface area contributed by atoms with Crippen molar-refractivity contribution in [2.45, 2.75) is 19.3 Å². The van der Waals surface area contributed by atoms with Crippen LogP contribution in [0.2, 0.25) is 0 Å². The molecule has 0 spiro atoms. The minimum Gasteiger partial charge on any atom is -0.357 e. The molecule has 0 aliphatic carbocycles. The van der Waals surface area contributed by atoms with Crippen molar-refractivity contribution in [3.63, 3.8) is 0 Å². The Hall–Kier alpha value is -1.05. The number of anilines is 1. The molecule has 68 valence electrons. The van der Waals surface area contributed by atoms with E-state index in [1.807, 2.05) is 12.1 Å². The highest BCUT2D eigenvalue weighted by atomic mass is 15.2. The molecule has 13 heavy (non-hydrogen) atoms. The highest BCUT2D eigenvalue weighted by Gasteiger charge is 2.10. The third-order valence-corrected chi connectivity index (χ3v) is 2.45. The Morgan fingerprint density at radius 3 is 2.54 bits per heavy atom. The summed E-state index contributed by atoms with van der Waals surface area (Å²) >= 11 is 0. The maximum Gasteiger partial charge on any atom is 0.128 e. The van der Waals surface area contributed by atoms with Crippen LogP contribution in [0.25, 0.3) is 0 Å². The predicted octanol–water partition coefficient (Wildman–Crippen LogP) is 2.13. The lowest BCUT2D eigenvalue weighted by Crippen LogP contribution is -2.29. The van der Waals surface area contributed by atoms with Gasteiger partial charge >= 0.3 is 0 Å². The summed E-state index contributed by atoms with van der Waals surface area (Å²) in [6.45, 7) is 7.85. The van der Waals surface area contributed by atoms with Crippen LogP contribution in [0, 0.1) is 6.92 Å². The maximum atomic E-state index is 5.58. The molecule has 1 fully saturated rings. The average molecular weight is 174 g/mol. The van der Waals surface area contributed by atoms with Crippen LogP contribution in [0.1, 0.15) is 24.8 Å². The van der Waals surface area contributed by atoms with E-state index >= 15 is 0 Å². The molecule has 1 aliphatic rings. The molecule has 2 heteroatoms. The monoisotopic (exact) mass is 174 g/mol. The lowest BCUT2D eigenvalue weighted by Gasteiger charge is -2.27. The van der Waals surface area contributed by atoms with Crippen molar-refractivity contribution in [1.82, 2.24) is 4.98 Å². The largest absolute Gasteiger partial charge is 0.357 e. The Balaban J connectivity index is 2.10. The van der Waals surface area contributed by atoms with Gasteiger partial charge in [-0.15, -0.1) is 0 Å². The number of rotatable bonds is 1. The average Bonchev–Trinajstić information content (AvgIpc) is 2.20. The molecule has 1 saturated heterocycles. The summed E-state index contributed by atoms with van der Waals surface area (Å²) in [5.74, 6) is 1.06. The van der Waals surface area contributed by atoms with Crippen LogP contribution >= 0.6 is 0 Å². The predicted molar refractivity (Wildman–Crippen MR) is 53.7 cm³/mol. The quantitative estimate of drug-likeness (QED) is 0.648. The van der Waals surface area contributed by atoms with Gasteiger partial charge in [-0.25, -0.2) is 4.98 Å². The third-order valence-electron chi connectivity index (χ3n) is 2.45. The molecule has 0 bridgehead atoms. The van der Waals surface area contributed by atoms with E-state index in [0.717, 1.165) is 24.5 Å². The van der Waals surface area contributed by atoms with Crippen molar-refractivity contribution in [3.8, 4) is 0 Å². The fourth-order valence-corrected chi connectivity index (χ4v) is 1.71. The molecule has 1 aromatic rings. The number of hydrogen-bond acceptors (Lipinski definition) is 2. The minimum atomic E-state index is 0.737. The molecule has 2 rings (SSSR count). The summed E-state index contributed by atoms with van der Waals surface area (Å²) in [7, 11) is 0. The topological polar surface area (TPSA) is 16.1 Å². The van der Waals surface area contributed by atoms with Gasteiger partial charge in [-0.05, 0) is 30.9 Å². The molecule has 0 saturated carbocycles. The van der Waals surface area contributed by atoms with E-state index in [9.17, 15) is 0 Å². The fourth-order valence-electron chi connectivity index (χ4n) is 1.71. The van der Waals surface area contributed by atoms with E-state index in [1.54, 1.807) is 6.20 Å². The second-order valence-electron chi connectivity index (χ2n) is 3.50. The summed E-state index contributed by atoms with van der Waals surface area (Å²) in [5.41, 5.74) is 0.737. The van der Waals surface area contributed by atoms with Gasteiger partial charge in [0.05, 0.1) is 0 Å². The first kappa shape index (κ1) is 8.54. The zero-order valence-corrected chi connectivity index (χ0v) is 7.74. The van der Waals surface area contributed by atoms with Gasteiger partial charge in [0.15, 0.2) is 0 Å². The van der Waals surface area contributed by atoms with Crippen molar-refractivity contribution in [2.24, 2.45) is 0 Å². The smallest absolute Gasteiger partial charge is 0.128 e. The van der Waals surface area contributed by atoms with Gasteiger partial charge in [0.25, 0.3) is 0 Å². The highest BCUT2D eigenvalue weighted by Crippen LogP contribution is 2.16. The van der Waals surface area contributed by atoms with Gasteiger partial charge in [0.1, 0.15) is 5.82 Å². The molecule has 1 aromatic heterocycles.